The fourth-order valence-corrected chi connectivity index (χ4v) is 2.95. The van der Waals surface area contributed by atoms with E-state index in [4.69, 9.17) is 4.74 Å². The summed E-state index contributed by atoms with van der Waals surface area (Å²) in [6, 6.07) is 9.76. The molecule has 0 N–H and O–H groups in total. The first-order valence-corrected chi connectivity index (χ1v) is 7.67. The molecule has 5 nitrogen and oxygen atoms in total. The topological polar surface area (TPSA) is 47.4 Å². The van der Waals surface area contributed by atoms with Crippen LogP contribution in [-0.2, 0) is 17.9 Å². The largest absolute Gasteiger partial charge is 0.444 e. The molecule has 3 rings (SSSR count). The Labute approximate surface area is 131 Å². The molecule has 2 heterocycles. The summed E-state index contributed by atoms with van der Waals surface area (Å²) in [5.41, 5.74) is 0.975. The lowest BCUT2D eigenvalue weighted by Crippen LogP contribution is -2.44. The van der Waals surface area contributed by atoms with E-state index in [1.54, 1.807) is 11.1 Å². The first-order valence-electron chi connectivity index (χ1n) is 6.88. The van der Waals surface area contributed by atoms with Crippen LogP contribution in [0.25, 0.3) is 0 Å². The van der Waals surface area contributed by atoms with Gasteiger partial charge in [-0.3, -0.25) is 4.90 Å². The van der Waals surface area contributed by atoms with E-state index in [0.29, 0.717) is 0 Å². The molecule has 2 aromatic rings. The van der Waals surface area contributed by atoms with Crippen LogP contribution in [0.5, 0.6) is 0 Å². The van der Waals surface area contributed by atoms with Crippen LogP contribution in [-0.4, -0.2) is 21.9 Å². The molecule has 0 radical (unpaired) electrons. The van der Waals surface area contributed by atoms with E-state index < -0.39 is 0 Å². The van der Waals surface area contributed by atoms with Crippen LogP contribution in [0.15, 0.2) is 41.0 Å². The molecule has 1 atom stereocenters. The van der Waals surface area contributed by atoms with Crippen LogP contribution in [0.3, 0.4) is 0 Å². The van der Waals surface area contributed by atoms with Crippen molar-refractivity contribution in [1.29, 1.82) is 0 Å². The van der Waals surface area contributed by atoms with Gasteiger partial charge in [0.15, 0.2) is 5.82 Å². The summed E-state index contributed by atoms with van der Waals surface area (Å²) in [5.74, 6) is 0.770. The smallest absolute Gasteiger partial charge is 0.416 e. The monoisotopic (exact) mass is 349 g/mol. The summed E-state index contributed by atoms with van der Waals surface area (Å²) in [5, 5.41) is 4.26. The van der Waals surface area contributed by atoms with Crippen molar-refractivity contribution >= 4 is 27.8 Å². The SMILES string of the molecule is CC1CCn2ncc(Br)c2N1C(=O)OCc1ccccc1. The van der Waals surface area contributed by atoms with Crippen LogP contribution in [0.1, 0.15) is 18.9 Å². The number of carbonyl (C=O) groups excluding carboxylic acids is 1. The Hall–Kier alpha value is -1.82. The highest BCUT2D eigenvalue weighted by atomic mass is 79.9. The molecule has 21 heavy (non-hydrogen) atoms. The number of aromatic nitrogens is 2. The highest BCUT2D eigenvalue weighted by Crippen LogP contribution is 2.32. The van der Waals surface area contributed by atoms with Gasteiger partial charge in [-0.25, -0.2) is 9.48 Å². The fourth-order valence-electron chi connectivity index (χ4n) is 2.46. The van der Waals surface area contributed by atoms with Crippen LogP contribution < -0.4 is 4.90 Å². The number of carbonyl (C=O) groups is 1. The molecule has 0 saturated heterocycles. The van der Waals surface area contributed by atoms with Gasteiger partial charge in [0.05, 0.1) is 10.7 Å². The van der Waals surface area contributed by atoms with Gasteiger partial charge < -0.3 is 4.74 Å². The number of hydrogen-bond acceptors (Lipinski definition) is 3. The Balaban J connectivity index is 1.76. The number of aryl methyl sites for hydroxylation is 1. The average molecular weight is 350 g/mol. The van der Waals surface area contributed by atoms with Crippen molar-refractivity contribution in [2.75, 3.05) is 4.90 Å². The number of fused-ring (bicyclic) bond motifs is 1. The summed E-state index contributed by atoms with van der Waals surface area (Å²) in [6.45, 7) is 3.10. The van der Waals surface area contributed by atoms with Crippen molar-refractivity contribution in [2.45, 2.75) is 32.5 Å². The molecule has 0 fully saturated rings. The van der Waals surface area contributed by atoms with Gasteiger partial charge in [0.2, 0.25) is 0 Å². The Morgan fingerprint density at radius 3 is 2.95 bits per heavy atom. The van der Waals surface area contributed by atoms with Crippen LogP contribution in [0.4, 0.5) is 10.6 Å². The zero-order valence-electron chi connectivity index (χ0n) is 11.7. The second-order valence-electron chi connectivity index (χ2n) is 5.09. The normalized spacial score (nSPS) is 17.4. The molecular formula is C15H16BrN3O2. The van der Waals surface area contributed by atoms with Gasteiger partial charge in [-0.05, 0) is 34.8 Å². The molecule has 6 heteroatoms. The third-order valence-corrected chi connectivity index (χ3v) is 4.16. The summed E-state index contributed by atoms with van der Waals surface area (Å²) in [4.78, 5) is 14.1. The lowest BCUT2D eigenvalue weighted by atomic mass is 10.2. The summed E-state index contributed by atoms with van der Waals surface area (Å²) < 4.78 is 8.08. The average Bonchev–Trinajstić information content (AvgIpc) is 2.87. The van der Waals surface area contributed by atoms with E-state index in [1.807, 2.05) is 41.9 Å². The van der Waals surface area contributed by atoms with Crippen molar-refractivity contribution in [3.8, 4) is 0 Å². The van der Waals surface area contributed by atoms with Gasteiger partial charge in [0.25, 0.3) is 0 Å². The standard InChI is InChI=1S/C15H16BrN3O2/c1-11-7-8-18-14(13(16)9-17-18)19(11)15(20)21-10-12-5-3-2-4-6-12/h2-6,9,11H,7-8,10H2,1H3. The van der Waals surface area contributed by atoms with Crippen molar-refractivity contribution in [3.63, 3.8) is 0 Å². The molecule has 0 bridgehead atoms. The summed E-state index contributed by atoms with van der Waals surface area (Å²) in [7, 11) is 0. The molecule has 1 aliphatic rings. The maximum absolute atomic E-state index is 12.4. The van der Waals surface area contributed by atoms with E-state index in [0.717, 1.165) is 28.8 Å². The number of nitrogens with zero attached hydrogens (tertiary/aromatic N) is 3. The zero-order chi connectivity index (χ0) is 14.8. The van der Waals surface area contributed by atoms with Gasteiger partial charge in [0, 0.05) is 12.6 Å². The first kappa shape index (κ1) is 14.1. The van der Waals surface area contributed by atoms with E-state index >= 15 is 0 Å². The van der Waals surface area contributed by atoms with Crippen LogP contribution >= 0.6 is 15.9 Å². The first-order chi connectivity index (χ1) is 10.2. The minimum absolute atomic E-state index is 0.0915. The quantitative estimate of drug-likeness (QED) is 0.832. The number of hydrogen-bond donors (Lipinski definition) is 0. The molecule has 1 aromatic carbocycles. The Bertz CT molecular complexity index is 642. The minimum atomic E-state index is -0.339. The number of rotatable bonds is 2. The molecule has 1 aliphatic heterocycles. The second-order valence-corrected chi connectivity index (χ2v) is 5.94. The fraction of sp³-hybridized carbons (Fsp3) is 0.333. The molecule has 1 amide bonds. The number of amides is 1. The molecule has 1 unspecified atom stereocenters. The van der Waals surface area contributed by atoms with Gasteiger partial charge in [-0.15, -0.1) is 0 Å². The number of anilines is 1. The minimum Gasteiger partial charge on any atom is -0.444 e. The third kappa shape index (κ3) is 2.81. The van der Waals surface area contributed by atoms with Crippen molar-refractivity contribution in [3.05, 3.63) is 46.6 Å². The Kier molecular flexibility index (Phi) is 3.96. The summed E-state index contributed by atoms with van der Waals surface area (Å²) in [6.07, 6.45) is 2.24. The van der Waals surface area contributed by atoms with Gasteiger partial charge in [0.1, 0.15) is 6.61 Å². The highest BCUT2D eigenvalue weighted by molar-refractivity contribution is 9.10. The Morgan fingerprint density at radius 2 is 2.19 bits per heavy atom. The van der Waals surface area contributed by atoms with Crippen molar-refractivity contribution < 1.29 is 9.53 Å². The lowest BCUT2D eigenvalue weighted by molar-refractivity contribution is 0.142. The second kappa shape index (κ2) is 5.89. The highest BCUT2D eigenvalue weighted by Gasteiger charge is 2.32. The van der Waals surface area contributed by atoms with E-state index in [1.165, 1.54) is 0 Å². The molecular weight excluding hydrogens is 334 g/mol. The van der Waals surface area contributed by atoms with E-state index in [9.17, 15) is 4.79 Å². The maximum atomic E-state index is 12.4. The lowest BCUT2D eigenvalue weighted by Gasteiger charge is -2.33. The van der Waals surface area contributed by atoms with E-state index in [2.05, 4.69) is 21.0 Å². The van der Waals surface area contributed by atoms with Gasteiger partial charge in [-0.2, -0.15) is 5.10 Å². The number of halogens is 1. The zero-order valence-corrected chi connectivity index (χ0v) is 13.3. The van der Waals surface area contributed by atoms with Crippen molar-refractivity contribution in [2.24, 2.45) is 0 Å². The molecule has 0 saturated carbocycles. The predicted octanol–water partition coefficient (Wildman–Crippen LogP) is 3.58. The van der Waals surface area contributed by atoms with Crippen molar-refractivity contribution in [1.82, 2.24) is 9.78 Å². The maximum Gasteiger partial charge on any atom is 0.416 e. The van der Waals surface area contributed by atoms with Gasteiger partial charge >= 0.3 is 6.09 Å². The molecule has 0 spiro atoms. The third-order valence-electron chi connectivity index (χ3n) is 3.60. The Morgan fingerprint density at radius 1 is 1.43 bits per heavy atom. The predicted molar refractivity (Wildman–Crippen MR) is 83.1 cm³/mol. The molecule has 110 valence electrons. The van der Waals surface area contributed by atoms with E-state index in [-0.39, 0.29) is 18.7 Å². The number of benzene rings is 1. The number of ether oxygens (including phenoxy) is 1. The summed E-state index contributed by atoms with van der Waals surface area (Å²) >= 11 is 3.45. The molecule has 0 aliphatic carbocycles. The van der Waals surface area contributed by atoms with Gasteiger partial charge in [-0.1, -0.05) is 30.3 Å². The van der Waals surface area contributed by atoms with Crippen LogP contribution in [0.2, 0.25) is 0 Å². The van der Waals surface area contributed by atoms with Crippen LogP contribution in [0, 0.1) is 0 Å². The molecule has 1 aromatic heterocycles.